The Morgan fingerprint density at radius 2 is 2.19 bits per heavy atom. The van der Waals surface area contributed by atoms with Gasteiger partial charge in [-0.2, -0.15) is 0 Å². The van der Waals surface area contributed by atoms with E-state index in [0.29, 0.717) is 0 Å². The number of likely N-dealkylation sites (N-methyl/N-ethyl adjacent to an activating group) is 1. The van der Waals surface area contributed by atoms with Gasteiger partial charge >= 0.3 is 0 Å². The minimum atomic E-state index is -0.0117. The SMILES string of the molecule is CCN(Cc1cccs1)C(=O)C1CCNc2ccccc21. The molecule has 1 atom stereocenters. The summed E-state index contributed by atoms with van der Waals surface area (Å²) < 4.78 is 0. The monoisotopic (exact) mass is 300 g/mol. The van der Waals surface area contributed by atoms with Gasteiger partial charge in [-0.1, -0.05) is 24.3 Å². The Bertz CT molecular complexity index is 609. The fourth-order valence-corrected chi connectivity index (χ4v) is 3.60. The number of nitrogens with one attached hydrogen (secondary N) is 1. The number of rotatable bonds is 4. The fourth-order valence-electron chi connectivity index (χ4n) is 2.88. The van der Waals surface area contributed by atoms with E-state index in [-0.39, 0.29) is 11.8 Å². The van der Waals surface area contributed by atoms with E-state index in [9.17, 15) is 4.79 Å². The van der Waals surface area contributed by atoms with E-state index in [1.807, 2.05) is 23.1 Å². The number of fused-ring (bicyclic) bond motifs is 1. The summed E-state index contributed by atoms with van der Waals surface area (Å²) in [6.45, 7) is 4.39. The molecule has 2 aromatic rings. The Balaban J connectivity index is 1.81. The van der Waals surface area contributed by atoms with Crippen LogP contribution in [0.4, 0.5) is 5.69 Å². The molecule has 2 heterocycles. The zero-order chi connectivity index (χ0) is 14.7. The van der Waals surface area contributed by atoms with Crippen LogP contribution in [0.25, 0.3) is 0 Å². The first kappa shape index (κ1) is 14.1. The van der Waals surface area contributed by atoms with Crippen LogP contribution in [-0.2, 0) is 11.3 Å². The number of hydrogen-bond donors (Lipinski definition) is 1. The smallest absolute Gasteiger partial charge is 0.230 e. The van der Waals surface area contributed by atoms with Gasteiger partial charge in [-0.05, 0) is 36.4 Å². The molecule has 3 rings (SSSR count). The van der Waals surface area contributed by atoms with Crippen molar-refractivity contribution in [2.75, 3.05) is 18.4 Å². The second kappa shape index (κ2) is 6.31. The highest BCUT2D eigenvalue weighted by molar-refractivity contribution is 7.09. The molecule has 0 saturated carbocycles. The number of thiophene rings is 1. The van der Waals surface area contributed by atoms with Crippen LogP contribution in [0.2, 0.25) is 0 Å². The maximum Gasteiger partial charge on any atom is 0.230 e. The van der Waals surface area contributed by atoms with Crippen molar-refractivity contribution in [2.45, 2.75) is 25.8 Å². The van der Waals surface area contributed by atoms with Gasteiger partial charge in [0, 0.05) is 23.7 Å². The van der Waals surface area contributed by atoms with E-state index in [1.165, 1.54) is 4.88 Å². The van der Waals surface area contributed by atoms with Crippen LogP contribution in [0.15, 0.2) is 41.8 Å². The van der Waals surface area contributed by atoms with Crippen LogP contribution in [0.5, 0.6) is 0 Å². The first-order valence-electron chi connectivity index (χ1n) is 7.43. The number of carbonyl (C=O) groups is 1. The maximum atomic E-state index is 12.9. The molecule has 1 aliphatic heterocycles. The van der Waals surface area contributed by atoms with Crippen molar-refractivity contribution in [3.05, 3.63) is 52.2 Å². The van der Waals surface area contributed by atoms with Gasteiger partial charge < -0.3 is 10.2 Å². The first-order chi connectivity index (χ1) is 10.3. The van der Waals surface area contributed by atoms with Gasteiger partial charge in [-0.3, -0.25) is 4.79 Å². The summed E-state index contributed by atoms with van der Waals surface area (Å²) in [5, 5.41) is 5.44. The largest absolute Gasteiger partial charge is 0.385 e. The zero-order valence-electron chi connectivity index (χ0n) is 12.2. The molecule has 1 aliphatic rings. The Hall–Kier alpha value is -1.81. The average Bonchev–Trinajstić information content (AvgIpc) is 3.04. The summed E-state index contributed by atoms with van der Waals surface area (Å²) in [5.41, 5.74) is 2.24. The normalized spacial score (nSPS) is 16.9. The van der Waals surface area contributed by atoms with Crippen molar-refractivity contribution >= 4 is 22.9 Å². The third kappa shape index (κ3) is 2.95. The average molecular weight is 300 g/mol. The number of carbonyl (C=O) groups excluding carboxylic acids is 1. The Labute approximate surface area is 129 Å². The molecular formula is C17H20N2OS. The predicted octanol–water partition coefficient (Wildman–Crippen LogP) is 3.70. The van der Waals surface area contributed by atoms with Crippen molar-refractivity contribution in [1.82, 2.24) is 4.90 Å². The molecule has 4 heteroatoms. The van der Waals surface area contributed by atoms with E-state index in [2.05, 4.69) is 35.8 Å². The highest BCUT2D eigenvalue weighted by atomic mass is 32.1. The van der Waals surface area contributed by atoms with Crippen LogP contribution in [0.3, 0.4) is 0 Å². The number of amides is 1. The van der Waals surface area contributed by atoms with E-state index >= 15 is 0 Å². The minimum Gasteiger partial charge on any atom is -0.385 e. The van der Waals surface area contributed by atoms with E-state index < -0.39 is 0 Å². The van der Waals surface area contributed by atoms with Crippen LogP contribution in [-0.4, -0.2) is 23.9 Å². The number of nitrogens with zero attached hydrogens (tertiary/aromatic N) is 1. The van der Waals surface area contributed by atoms with Gasteiger partial charge in [-0.25, -0.2) is 0 Å². The first-order valence-corrected chi connectivity index (χ1v) is 8.31. The van der Waals surface area contributed by atoms with E-state index in [0.717, 1.165) is 37.3 Å². The Morgan fingerprint density at radius 1 is 1.33 bits per heavy atom. The molecular weight excluding hydrogens is 280 g/mol. The lowest BCUT2D eigenvalue weighted by Crippen LogP contribution is -2.36. The molecule has 21 heavy (non-hydrogen) atoms. The fraction of sp³-hybridized carbons (Fsp3) is 0.353. The topological polar surface area (TPSA) is 32.3 Å². The van der Waals surface area contributed by atoms with E-state index in [1.54, 1.807) is 11.3 Å². The van der Waals surface area contributed by atoms with Gasteiger partial charge in [0.2, 0.25) is 5.91 Å². The summed E-state index contributed by atoms with van der Waals surface area (Å²) in [5.74, 6) is 0.238. The van der Waals surface area contributed by atoms with Crippen molar-refractivity contribution in [1.29, 1.82) is 0 Å². The van der Waals surface area contributed by atoms with Crippen LogP contribution >= 0.6 is 11.3 Å². The second-order valence-corrected chi connectivity index (χ2v) is 6.32. The van der Waals surface area contributed by atoms with Gasteiger partial charge in [0.25, 0.3) is 0 Å². The molecule has 1 unspecified atom stereocenters. The van der Waals surface area contributed by atoms with Crippen molar-refractivity contribution < 1.29 is 4.79 Å². The Morgan fingerprint density at radius 3 is 2.95 bits per heavy atom. The molecule has 3 nitrogen and oxygen atoms in total. The molecule has 1 aromatic carbocycles. The Kier molecular flexibility index (Phi) is 4.25. The highest BCUT2D eigenvalue weighted by Gasteiger charge is 2.29. The van der Waals surface area contributed by atoms with Crippen molar-refractivity contribution in [2.24, 2.45) is 0 Å². The number of para-hydroxylation sites is 1. The summed E-state index contributed by atoms with van der Waals surface area (Å²) in [6, 6.07) is 12.3. The van der Waals surface area contributed by atoms with Crippen LogP contribution in [0.1, 0.15) is 29.7 Å². The van der Waals surface area contributed by atoms with Gasteiger partial charge in [0.15, 0.2) is 0 Å². The second-order valence-electron chi connectivity index (χ2n) is 5.29. The quantitative estimate of drug-likeness (QED) is 0.934. The molecule has 1 N–H and O–H groups in total. The summed E-state index contributed by atoms with van der Waals surface area (Å²) in [4.78, 5) is 16.1. The molecule has 1 aromatic heterocycles. The minimum absolute atomic E-state index is 0.0117. The number of anilines is 1. The molecule has 0 aliphatic carbocycles. The van der Waals surface area contributed by atoms with Crippen molar-refractivity contribution in [3.63, 3.8) is 0 Å². The van der Waals surface area contributed by atoms with Gasteiger partial charge in [0.05, 0.1) is 12.5 Å². The molecule has 0 saturated heterocycles. The zero-order valence-corrected chi connectivity index (χ0v) is 13.0. The summed E-state index contributed by atoms with van der Waals surface area (Å²) >= 11 is 1.71. The molecule has 0 fully saturated rings. The molecule has 0 spiro atoms. The third-order valence-corrected chi connectivity index (χ3v) is 4.86. The molecule has 1 amide bonds. The molecule has 110 valence electrons. The lowest BCUT2D eigenvalue weighted by molar-refractivity contribution is -0.133. The van der Waals surface area contributed by atoms with E-state index in [4.69, 9.17) is 0 Å². The standard InChI is InChI=1S/C17H20N2OS/c1-2-19(12-13-6-5-11-21-13)17(20)15-9-10-18-16-8-4-3-7-14(15)16/h3-8,11,15,18H,2,9-10,12H2,1H3. The van der Waals surface area contributed by atoms with Gasteiger partial charge in [-0.15, -0.1) is 11.3 Å². The van der Waals surface area contributed by atoms with Gasteiger partial charge in [0.1, 0.15) is 0 Å². The lowest BCUT2D eigenvalue weighted by atomic mass is 9.89. The summed E-state index contributed by atoms with van der Waals surface area (Å²) in [7, 11) is 0. The van der Waals surface area contributed by atoms with Crippen LogP contribution < -0.4 is 5.32 Å². The van der Waals surface area contributed by atoms with Crippen molar-refractivity contribution in [3.8, 4) is 0 Å². The predicted molar refractivity (Wildman–Crippen MR) is 87.7 cm³/mol. The summed E-state index contributed by atoms with van der Waals surface area (Å²) in [6.07, 6.45) is 0.872. The number of hydrogen-bond acceptors (Lipinski definition) is 3. The molecule has 0 radical (unpaired) electrons. The number of benzene rings is 1. The lowest BCUT2D eigenvalue weighted by Gasteiger charge is -2.30. The third-order valence-electron chi connectivity index (χ3n) is 4.00. The highest BCUT2D eigenvalue weighted by Crippen LogP contribution is 2.33. The van der Waals surface area contributed by atoms with Crippen LogP contribution in [0, 0.1) is 0 Å². The molecule has 0 bridgehead atoms. The maximum absolute atomic E-state index is 12.9.